The Balaban J connectivity index is 1.21. The molecule has 6 atom stereocenters. The predicted octanol–water partition coefficient (Wildman–Crippen LogP) is 2.01. The molecule has 5 fully saturated rings. The van der Waals surface area contributed by atoms with E-state index in [-0.39, 0.29) is 30.0 Å². The molecule has 0 spiro atoms. The van der Waals surface area contributed by atoms with Gasteiger partial charge < -0.3 is 14.7 Å². The van der Waals surface area contributed by atoms with Crippen LogP contribution in [0.1, 0.15) is 38.5 Å². The van der Waals surface area contributed by atoms with Crippen LogP contribution >= 0.6 is 11.6 Å². The number of aliphatic hydroxyl groups is 1. The molecule has 2 aliphatic carbocycles. The van der Waals surface area contributed by atoms with E-state index in [2.05, 4.69) is 14.1 Å². The first-order valence-corrected chi connectivity index (χ1v) is 15.0. The van der Waals surface area contributed by atoms with Crippen molar-refractivity contribution < 1.29 is 18.8 Å². The zero-order valence-electron chi connectivity index (χ0n) is 20.0. The maximum Gasteiger partial charge on any atom is 0.223 e. The van der Waals surface area contributed by atoms with E-state index >= 15 is 4.21 Å². The Labute approximate surface area is 212 Å². The van der Waals surface area contributed by atoms with E-state index in [1.165, 1.54) is 0 Å². The number of hydrogen-bond donors (Lipinski definition) is 1. The Bertz CT molecular complexity index is 1150. The van der Waals surface area contributed by atoms with Crippen LogP contribution in [0.3, 0.4) is 0 Å². The topological polar surface area (TPSA) is 73.3 Å². The number of halogens is 1. The fourth-order valence-corrected chi connectivity index (χ4v) is 11.4. The molecule has 9 heteroatoms. The van der Waals surface area contributed by atoms with Crippen molar-refractivity contribution in [3.05, 3.63) is 29.3 Å². The van der Waals surface area contributed by atoms with Gasteiger partial charge in [-0.05, 0) is 62.3 Å². The first-order chi connectivity index (χ1) is 17.0. The van der Waals surface area contributed by atoms with Crippen LogP contribution < -0.4 is 0 Å². The number of piperazine rings is 1. The van der Waals surface area contributed by atoms with Crippen LogP contribution in [0.25, 0.3) is 0 Å². The normalized spacial score (nSPS) is 40.6. The summed E-state index contributed by atoms with van der Waals surface area (Å²) in [7, 11) is -2.56. The molecule has 1 amide bonds. The predicted molar refractivity (Wildman–Crippen MR) is 135 cm³/mol. The van der Waals surface area contributed by atoms with Gasteiger partial charge in [0.1, 0.15) is 0 Å². The lowest BCUT2D eigenvalue weighted by atomic mass is 9.90. The van der Waals surface area contributed by atoms with Gasteiger partial charge in [0.25, 0.3) is 0 Å². The number of rotatable bonds is 6. The summed E-state index contributed by atoms with van der Waals surface area (Å²) in [5, 5.41) is 10.1. The Morgan fingerprint density at radius 2 is 1.83 bits per heavy atom. The van der Waals surface area contributed by atoms with Gasteiger partial charge in [-0.2, -0.15) is 0 Å². The Hall–Kier alpha value is -1.16. The Morgan fingerprint density at radius 3 is 2.49 bits per heavy atom. The second-order valence-electron chi connectivity index (χ2n) is 11.4. The minimum atomic E-state index is -2.56. The van der Waals surface area contributed by atoms with Crippen molar-refractivity contribution in [3.63, 3.8) is 0 Å². The van der Waals surface area contributed by atoms with Crippen LogP contribution in [0.4, 0.5) is 0 Å². The van der Waals surface area contributed by atoms with Crippen molar-refractivity contribution in [2.45, 2.75) is 67.6 Å². The van der Waals surface area contributed by atoms with E-state index < -0.39 is 9.71 Å². The van der Waals surface area contributed by atoms with Crippen LogP contribution in [-0.4, -0.2) is 97.8 Å². The quantitative estimate of drug-likeness (QED) is 0.582. The SMILES string of the molecule is O=C(CC12CC1=S(=O)(c1ccc(Cl)cc1)N1[C@H](C3CC3)COC[C@@H]12)N1CC2CCC(C1)N2CCO. The number of likely N-dealkylation sites (tertiary alicyclic amines) is 1. The highest BCUT2D eigenvalue weighted by molar-refractivity contribution is 8.01. The van der Waals surface area contributed by atoms with E-state index in [4.69, 9.17) is 16.3 Å². The highest BCUT2D eigenvalue weighted by atomic mass is 35.5. The fraction of sp³-hybridized carbons (Fsp3) is 0.692. The summed E-state index contributed by atoms with van der Waals surface area (Å²) in [5.41, 5.74) is -0.345. The third kappa shape index (κ3) is 3.40. The van der Waals surface area contributed by atoms with Gasteiger partial charge in [0.2, 0.25) is 5.91 Å². The molecule has 7 nitrogen and oxygen atoms in total. The molecule has 0 aromatic heterocycles. The maximum absolute atomic E-state index is 15.0. The molecule has 4 aliphatic heterocycles. The molecule has 6 aliphatic rings. The highest BCUT2D eigenvalue weighted by Gasteiger charge is 2.70. The van der Waals surface area contributed by atoms with E-state index in [1.54, 1.807) is 0 Å². The van der Waals surface area contributed by atoms with Gasteiger partial charge in [0.05, 0.1) is 35.6 Å². The second-order valence-corrected chi connectivity index (χ2v) is 14.2. The number of ether oxygens (including phenoxy) is 1. The van der Waals surface area contributed by atoms with Crippen LogP contribution in [-0.2, 0) is 19.2 Å². The molecule has 1 aromatic rings. The first kappa shape index (κ1) is 23.0. The molecule has 1 aromatic carbocycles. The van der Waals surface area contributed by atoms with Gasteiger partial charge >= 0.3 is 0 Å². The Morgan fingerprint density at radius 1 is 1.11 bits per heavy atom. The van der Waals surface area contributed by atoms with E-state index in [0.717, 1.165) is 55.0 Å². The summed E-state index contributed by atoms with van der Waals surface area (Å²) in [6.45, 7) is 3.51. The van der Waals surface area contributed by atoms with Gasteiger partial charge in [-0.1, -0.05) is 11.6 Å². The number of carbonyl (C=O) groups is 1. The van der Waals surface area contributed by atoms with Crippen molar-refractivity contribution >= 4 is 32.1 Å². The molecule has 7 rings (SSSR count). The van der Waals surface area contributed by atoms with Gasteiger partial charge in [-0.25, -0.2) is 8.51 Å². The summed E-state index contributed by atoms with van der Waals surface area (Å²) in [5.74, 6) is 0.723. The summed E-state index contributed by atoms with van der Waals surface area (Å²) in [4.78, 5) is 20.1. The maximum atomic E-state index is 15.0. The van der Waals surface area contributed by atoms with Crippen molar-refractivity contribution in [2.24, 2.45) is 11.3 Å². The number of morpholine rings is 1. The number of carbonyl (C=O) groups excluding carboxylic acids is 1. The monoisotopic (exact) mass is 519 g/mol. The van der Waals surface area contributed by atoms with Crippen molar-refractivity contribution in [3.8, 4) is 0 Å². The molecule has 4 unspecified atom stereocenters. The summed E-state index contributed by atoms with van der Waals surface area (Å²) < 4.78 is 23.4. The lowest BCUT2D eigenvalue weighted by molar-refractivity contribution is -0.137. The third-order valence-electron chi connectivity index (χ3n) is 9.48. The molecule has 3 saturated heterocycles. The van der Waals surface area contributed by atoms with Gasteiger partial charge in [0, 0.05) is 64.4 Å². The smallest absolute Gasteiger partial charge is 0.223 e. The lowest BCUT2D eigenvalue weighted by Gasteiger charge is -2.44. The first-order valence-electron chi connectivity index (χ1n) is 13.1. The Kier molecular flexibility index (Phi) is 5.37. The van der Waals surface area contributed by atoms with E-state index in [1.807, 2.05) is 24.3 Å². The molecule has 0 radical (unpaired) electrons. The minimum absolute atomic E-state index is 0.00335. The average molecular weight is 520 g/mol. The summed E-state index contributed by atoms with van der Waals surface area (Å²) in [6, 6.07) is 8.35. The molecule has 1 N–H and O–H groups in total. The average Bonchev–Trinajstić information content (AvgIpc) is 3.77. The zero-order valence-corrected chi connectivity index (χ0v) is 21.6. The van der Waals surface area contributed by atoms with Gasteiger partial charge in [-0.15, -0.1) is 0 Å². The molecule has 190 valence electrons. The van der Waals surface area contributed by atoms with Crippen molar-refractivity contribution in [2.75, 3.05) is 39.5 Å². The van der Waals surface area contributed by atoms with Gasteiger partial charge in [0.15, 0.2) is 0 Å². The van der Waals surface area contributed by atoms with Crippen LogP contribution in [0.2, 0.25) is 5.02 Å². The van der Waals surface area contributed by atoms with Crippen LogP contribution in [0.15, 0.2) is 29.2 Å². The minimum Gasteiger partial charge on any atom is -0.395 e. The van der Waals surface area contributed by atoms with Gasteiger partial charge in [-0.3, -0.25) is 9.69 Å². The second kappa shape index (κ2) is 8.17. The lowest BCUT2D eigenvalue weighted by Crippen LogP contribution is -2.58. The zero-order chi connectivity index (χ0) is 23.9. The van der Waals surface area contributed by atoms with Crippen molar-refractivity contribution in [1.82, 2.24) is 14.1 Å². The third-order valence-corrected chi connectivity index (χ3v) is 13.0. The summed E-state index contributed by atoms with van der Waals surface area (Å²) in [6.07, 6.45) is 5.68. The number of aliphatic hydroxyl groups excluding tert-OH is 1. The van der Waals surface area contributed by atoms with E-state index in [9.17, 15) is 9.90 Å². The molecular weight excluding hydrogens is 486 g/mol. The van der Waals surface area contributed by atoms with Crippen LogP contribution in [0, 0.1) is 11.3 Å². The fourth-order valence-electron chi connectivity index (χ4n) is 7.54. The van der Waals surface area contributed by atoms with Crippen LogP contribution in [0.5, 0.6) is 0 Å². The van der Waals surface area contributed by atoms with Crippen molar-refractivity contribution in [1.29, 1.82) is 0 Å². The number of nitrogens with zero attached hydrogens (tertiary/aromatic N) is 3. The molecule has 4 heterocycles. The van der Waals surface area contributed by atoms with E-state index in [0.29, 0.717) is 49.2 Å². The standard InChI is InChI=1S/C26H34ClN3O4S/c27-18-3-7-21(8-4-18)35(33)24-11-26(24,23-16-34-15-22(30(23)35)17-1-2-17)12-25(32)28-13-19-5-6-20(14-28)29(19)9-10-31/h3-4,7-8,17,19-20,22-23,31H,1-2,5-6,9-16H2/t19?,20?,22-,23+,26?,35?/m0/s1. The number of fused-ring (bicyclic) bond motifs is 5. The molecule has 35 heavy (non-hydrogen) atoms. The summed E-state index contributed by atoms with van der Waals surface area (Å²) >= 11 is 6.18. The molecule has 2 saturated carbocycles. The number of benzene rings is 1. The largest absolute Gasteiger partial charge is 0.395 e. The molecular formula is C26H34ClN3O4S. The number of hydrogen-bond acceptors (Lipinski definition) is 5. The number of amides is 1. The highest BCUT2D eigenvalue weighted by Crippen LogP contribution is 2.61. The molecule has 2 bridgehead atoms.